The quantitative estimate of drug-likeness (QED) is 0.671. The molecule has 1 aliphatic heterocycles. The summed E-state index contributed by atoms with van der Waals surface area (Å²) in [5.41, 5.74) is 2.19. The predicted molar refractivity (Wildman–Crippen MR) is 96.3 cm³/mol. The molecule has 1 aliphatic rings. The Hall–Kier alpha value is -2.64. The average molecular weight is 363 g/mol. The second-order valence-corrected chi connectivity index (χ2v) is 6.27. The topological polar surface area (TPSA) is 56.9 Å². The number of halogens is 2. The minimum Gasteiger partial charge on any atom is -0.366 e. The minimum atomic E-state index is -0.430. The van der Waals surface area contributed by atoms with E-state index in [1.807, 2.05) is 18.7 Å². The molecule has 0 saturated carbocycles. The summed E-state index contributed by atoms with van der Waals surface area (Å²) < 4.78 is 32.5. The summed E-state index contributed by atoms with van der Waals surface area (Å²) in [4.78, 5) is 8.29. The maximum atomic E-state index is 14.0. The Morgan fingerprint density at radius 3 is 2.58 bits per heavy atom. The van der Waals surface area contributed by atoms with Crippen molar-refractivity contribution in [3.8, 4) is 0 Å². The summed E-state index contributed by atoms with van der Waals surface area (Å²) in [7, 11) is 1.73. The highest BCUT2D eigenvalue weighted by molar-refractivity contribution is 5.80. The van der Waals surface area contributed by atoms with Gasteiger partial charge >= 0.3 is 0 Å². The largest absolute Gasteiger partial charge is 0.366 e. The molecular weight excluding hydrogens is 340 g/mol. The van der Waals surface area contributed by atoms with Crippen LogP contribution in [0.2, 0.25) is 0 Å². The first-order valence-electron chi connectivity index (χ1n) is 8.57. The number of nitrogens with one attached hydrogen (secondary N) is 1. The number of guanidine groups is 1. The zero-order valence-corrected chi connectivity index (χ0v) is 15.2. The first-order chi connectivity index (χ1) is 12.5. The molecule has 6 nitrogen and oxygen atoms in total. The van der Waals surface area contributed by atoms with Gasteiger partial charge in [-0.25, -0.2) is 8.78 Å². The second kappa shape index (κ2) is 7.72. The van der Waals surface area contributed by atoms with Gasteiger partial charge in [0.1, 0.15) is 17.4 Å². The van der Waals surface area contributed by atoms with Gasteiger partial charge in [0.05, 0.1) is 11.4 Å². The minimum absolute atomic E-state index is 0.309. The number of nitrogens with zero attached hydrogens (tertiary/aromatic N) is 4. The summed E-state index contributed by atoms with van der Waals surface area (Å²) in [5.74, 6) is 0.725. The average Bonchev–Trinajstić information content (AvgIpc) is 2.96. The SMILES string of the molecule is CN=C(NCc1c(C)noc1C)N1CCN(c2cc(F)ccc2F)CC1. The molecule has 0 atom stereocenters. The van der Waals surface area contributed by atoms with Gasteiger partial charge in [-0.15, -0.1) is 0 Å². The molecule has 8 heteroatoms. The standard InChI is InChI=1S/C18H23F2N5O/c1-12-15(13(2)26-23-12)11-22-18(21-3)25-8-6-24(7-9-25)17-10-14(19)4-5-16(17)20/h4-5,10H,6-9,11H2,1-3H3,(H,21,22). The number of piperazine rings is 1. The van der Waals surface area contributed by atoms with Crippen LogP contribution in [0.1, 0.15) is 17.0 Å². The molecule has 0 unspecified atom stereocenters. The van der Waals surface area contributed by atoms with Gasteiger partial charge in [0.15, 0.2) is 5.96 Å². The van der Waals surface area contributed by atoms with Gasteiger partial charge in [-0.05, 0) is 26.0 Å². The zero-order chi connectivity index (χ0) is 18.7. The van der Waals surface area contributed by atoms with Crippen LogP contribution in [0.3, 0.4) is 0 Å². The molecule has 2 heterocycles. The second-order valence-electron chi connectivity index (χ2n) is 6.27. The fourth-order valence-electron chi connectivity index (χ4n) is 3.14. The van der Waals surface area contributed by atoms with Crippen LogP contribution in [0, 0.1) is 25.5 Å². The third-order valence-corrected chi connectivity index (χ3v) is 4.64. The van der Waals surface area contributed by atoms with E-state index in [0.717, 1.165) is 29.0 Å². The molecule has 2 aromatic rings. The van der Waals surface area contributed by atoms with Gasteiger partial charge in [0.2, 0.25) is 0 Å². The summed E-state index contributed by atoms with van der Waals surface area (Å²) >= 11 is 0. The van der Waals surface area contributed by atoms with E-state index in [1.54, 1.807) is 7.05 Å². The molecule has 26 heavy (non-hydrogen) atoms. The molecule has 0 aliphatic carbocycles. The van der Waals surface area contributed by atoms with Crippen molar-refractivity contribution in [2.75, 3.05) is 38.1 Å². The van der Waals surface area contributed by atoms with Crippen molar-refractivity contribution in [2.45, 2.75) is 20.4 Å². The van der Waals surface area contributed by atoms with E-state index < -0.39 is 11.6 Å². The van der Waals surface area contributed by atoms with Crippen molar-refractivity contribution >= 4 is 11.6 Å². The fraction of sp³-hybridized carbons (Fsp3) is 0.444. The Kier molecular flexibility index (Phi) is 5.39. The van der Waals surface area contributed by atoms with Gasteiger partial charge < -0.3 is 19.6 Å². The Bertz CT molecular complexity index is 777. The molecule has 0 amide bonds. The Labute approximate surface area is 151 Å². The third-order valence-electron chi connectivity index (χ3n) is 4.64. The van der Waals surface area contributed by atoms with Gasteiger partial charge in [0.25, 0.3) is 0 Å². The molecule has 1 aromatic heterocycles. The summed E-state index contributed by atoms with van der Waals surface area (Å²) in [6.45, 7) is 6.87. The molecule has 1 aromatic carbocycles. The Balaban J connectivity index is 1.60. The first-order valence-corrected chi connectivity index (χ1v) is 8.57. The van der Waals surface area contributed by atoms with E-state index in [2.05, 4.69) is 20.4 Å². The number of anilines is 1. The van der Waals surface area contributed by atoms with Crippen molar-refractivity contribution < 1.29 is 13.3 Å². The van der Waals surface area contributed by atoms with E-state index in [9.17, 15) is 8.78 Å². The number of rotatable bonds is 3. The van der Waals surface area contributed by atoms with Crippen molar-refractivity contribution in [1.29, 1.82) is 0 Å². The van der Waals surface area contributed by atoms with Crippen molar-refractivity contribution in [3.63, 3.8) is 0 Å². The lowest BCUT2D eigenvalue weighted by Gasteiger charge is -2.37. The molecule has 0 spiro atoms. The number of aliphatic imine (C=N–C) groups is 1. The van der Waals surface area contributed by atoms with Crippen LogP contribution in [0.4, 0.5) is 14.5 Å². The first kappa shape index (κ1) is 18.2. The smallest absolute Gasteiger partial charge is 0.194 e. The highest BCUT2D eigenvalue weighted by Gasteiger charge is 2.22. The Morgan fingerprint density at radius 2 is 1.96 bits per heavy atom. The number of hydrogen-bond acceptors (Lipinski definition) is 4. The third kappa shape index (κ3) is 3.79. The monoisotopic (exact) mass is 363 g/mol. The van der Waals surface area contributed by atoms with Crippen molar-refractivity contribution in [3.05, 3.63) is 46.9 Å². The van der Waals surface area contributed by atoms with Crippen LogP contribution in [0.25, 0.3) is 0 Å². The molecule has 3 rings (SSSR count). The van der Waals surface area contributed by atoms with E-state index in [-0.39, 0.29) is 0 Å². The van der Waals surface area contributed by atoms with E-state index >= 15 is 0 Å². The molecular formula is C18H23F2N5O. The lowest BCUT2D eigenvalue weighted by molar-refractivity contribution is 0.370. The van der Waals surface area contributed by atoms with Crippen LogP contribution < -0.4 is 10.2 Å². The van der Waals surface area contributed by atoms with Gasteiger partial charge in [-0.1, -0.05) is 5.16 Å². The van der Waals surface area contributed by atoms with Gasteiger partial charge in [-0.2, -0.15) is 0 Å². The van der Waals surface area contributed by atoms with Crippen LogP contribution in [0.15, 0.2) is 27.7 Å². The van der Waals surface area contributed by atoms with Crippen molar-refractivity contribution in [1.82, 2.24) is 15.4 Å². The number of aryl methyl sites for hydroxylation is 2. The number of aromatic nitrogens is 1. The molecule has 0 radical (unpaired) electrons. The molecule has 0 bridgehead atoms. The molecule has 1 fully saturated rings. The highest BCUT2D eigenvalue weighted by atomic mass is 19.1. The van der Waals surface area contributed by atoms with E-state index in [4.69, 9.17) is 4.52 Å². The normalized spacial score (nSPS) is 15.5. The van der Waals surface area contributed by atoms with Crippen molar-refractivity contribution in [2.24, 2.45) is 4.99 Å². The lowest BCUT2D eigenvalue weighted by atomic mass is 10.2. The fourth-order valence-corrected chi connectivity index (χ4v) is 3.14. The number of benzene rings is 1. The van der Waals surface area contributed by atoms with Crippen LogP contribution in [0.5, 0.6) is 0 Å². The van der Waals surface area contributed by atoms with E-state index in [1.165, 1.54) is 12.1 Å². The summed E-state index contributed by atoms with van der Waals surface area (Å²) in [6, 6.07) is 3.55. The van der Waals surface area contributed by atoms with Crippen LogP contribution >= 0.6 is 0 Å². The predicted octanol–water partition coefficient (Wildman–Crippen LogP) is 2.47. The summed E-state index contributed by atoms with van der Waals surface area (Å²) in [5, 5.41) is 7.27. The lowest BCUT2D eigenvalue weighted by Crippen LogP contribution is -2.52. The van der Waals surface area contributed by atoms with Gasteiger partial charge in [0, 0.05) is 51.4 Å². The maximum absolute atomic E-state index is 14.0. The van der Waals surface area contributed by atoms with Crippen LogP contribution in [-0.4, -0.2) is 49.2 Å². The zero-order valence-electron chi connectivity index (χ0n) is 15.2. The maximum Gasteiger partial charge on any atom is 0.194 e. The molecule has 140 valence electrons. The van der Waals surface area contributed by atoms with Gasteiger partial charge in [-0.3, -0.25) is 4.99 Å². The Morgan fingerprint density at radius 1 is 1.23 bits per heavy atom. The summed E-state index contributed by atoms with van der Waals surface area (Å²) in [6.07, 6.45) is 0. The number of hydrogen-bond donors (Lipinski definition) is 1. The molecule has 1 N–H and O–H groups in total. The van der Waals surface area contributed by atoms with E-state index in [0.29, 0.717) is 38.4 Å². The molecule has 1 saturated heterocycles. The van der Waals surface area contributed by atoms with Crippen LogP contribution in [-0.2, 0) is 6.54 Å². The highest BCUT2D eigenvalue weighted by Crippen LogP contribution is 2.22.